The van der Waals surface area contributed by atoms with E-state index in [0.717, 1.165) is 71.4 Å². The molecule has 0 amide bonds. The number of hydrogen-bond acceptors (Lipinski definition) is 4. The molecule has 0 radical (unpaired) electrons. The highest BCUT2D eigenvalue weighted by atomic mass is 32.1. The van der Waals surface area contributed by atoms with Crippen molar-refractivity contribution < 1.29 is 4.42 Å². The first-order valence-corrected chi connectivity index (χ1v) is 18.0. The molecule has 7 aromatic carbocycles. The summed E-state index contributed by atoms with van der Waals surface area (Å²) in [6.07, 6.45) is 4.54. The maximum absolute atomic E-state index is 6.36. The van der Waals surface area contributed by atoms with Crippen molar-refractivity contribution in [2.24, 2.45) is 0 Å². The second-order valence-corrected chi connectivity index (χ2v) is 14.4. The molecule has 0 spiro atoms. The van der Waals surface area contributed by atoms with Crippen LogP contribution in [0.2, 0.25) is 0 Å². The summed E-state index contributed by atoms with van der Waals surface area (Å²) in [6.45, 7) is 0. The predicted molar refractivity (Wildman–Crippen MR) is 214 cm³/mol. The average Bonchev–Trinajstić information content (AvgIpc) is 3.80. The van der Waals surface area contributed by atoms with E-state index in [0.29, 0.717) is 0 Å². The summed E-state index contributed by atoms with van der Waals surface area (Å²) < 4.78 is 10.0. The van der Waals surface area contributed by atoms with Crippen molar-refractivity contribution in [3.8, 4) is 28.2 Å². The van der Waals surface area contributed by atoms with Crippen LogP contribution in [0.15, 0.2) is 144 Å². The number of benzene rings is 7. The molecule has 236 valence electrons. The van der Waals surface area contributed by atoms with Gasteiger partial charge in [-0.2, -0.15) is 0 Å². The van der Waals surface area contributed by atoms with Gasteiger partial charge < -0.3 is 8.98 Å². The molecule has 1 aliphatic rings. The fraction of sp³-hybridized carbons (Fsp3) is 0. The van der Waals surface area contributed by atoms with Gasteiger partial charge >= 0.3 is 0 Å². The van der Waals surface area contributed by atoms with E-state index in [9.17, 15) is 0 Å². The van der Waals surface area contributed by atoms with Crippen LogP contribution in [0.5, 0.6) is 0 Å². The molecule has 12 rings (SSSR count). The topological polar surface area (TPSA) is 43.9 Å². The van der Waals surface area contributed by atoms with Crippen molar-refractivity contribution >= 4 is 98.4 Å². The maximum atomic E-state index is 6.36. The Labute approximate surface area is 295 Å². The Morgan fingerprint density at radius 1 is 0.529 bits per heavy atom. The normalized spacial score (nSPS) is 12.6. The Morgan fingerprint density at radius 2 is 1.35 bits per heavy atom. The first-order valence-electron chi connectivity index (χ1n) is 17.2. The Morgan fingerprint density at radius 3 is 2.29 bits per heavy atom. The zero-order valence-electron chi connectivity index (χ0n) is 27.1. The molecule has 4 aromatic heterocycles. The quantitative estimate of drug-likeness (QED) is 0.184. The molecule has 5 heteroatoms. The summed E-state index contributed by atoms with van der Waals surface area (Å²) in [5.41, 5.74) is 12.6. The monoisotopic (exact) mass is 667 g/mol. The number of thiophene rings is 1. The molecule has 0 saturated carbocycles. The van der Waals surface area contributed by atoms with E-state index in [1.54, 1.807) is 11.3 Å². The van der Waals surface area contributed by atoms with E-state index in [2.05, 4.69) is 138 Å². The molecule has 0 N–H and O–H groups in total. The fourth-order valence-electron chi connectivity index (χ4n) is 8.25. The minimum absolute atomic E-state index is 0.893. The lowest BCUT2D eigenvalue weighted by Crippen LogP contribution is -1.98. The van der Waals surface area contributed by atoms with E-state index in [1.807, 2.05) is 18.2 Å². The second kappa shape index (κ2) is 10.0. The zero-order valence-corrected chi connectivity index (χ0v) is 27.9. The Balaban J connectivity index is 1.13. The van der Waals surface area contributed by atoms with Crippen molar-refractivity contribution in [2.45, 2.75) is 0 Å². The number of aromatic nitrogens is 3. The number of rotatable bonds is 2. The maximum Gasteiger partial charge on any atom is 0.143 e. The largest absolute Gasteiger partial charge is 0.456 e. The lowest BCUT2D eigenvalue weighted by atomic mass is 9.99. The third-order valence-electron chi connectivity index (χ3n) is 10.6. The lowest BCUT2D eigenvalue weighted by molar-refractivity contribution is 0.669. The highest BCUT2D eigenvalue weighted by molar-refractivity contribution is 7.25. The first-order chi connectivity index (χ1) is 25.3. The summed E-state index contributed by atoms with van der Waals surface area (Å²) in [5.74, 6) is 0. The predicted octanol–water partition coefficient (Wildman–Crippen LogP) is 12.8. The minimum atomic E-state index is 0.893. The van der Waals surface area contributed by atoms with Crippen molar-refractivity contribution in [3.05, 3.63) is 151 Å². The van der Waals surface area contributed by atoms with Gasteiger partial charge in [-0.25, -0.2) is 9.97 Å². The molecule has 11 aromatic rings. The molecule has 5 heterocycles. The molecule has 51 heavy (non-hydrogen) atoms. The van der Waals surface area contributed by atoms with Gasteiger partial charge in [-0.05, 0) is 58.8 Å². The van der Waals surface area contributed by atoms with E-state index in [4.69, 9.17) is 14.4 Å². The smallest absolute Gasteiger partial charge is 0.143 e. The second-order valence-electron chi connectivity index (χ2n) is 13.3. The van der Waals surface area contributed by atoms with Crippen LogP contribution in [0.1, 0.15) is 11.1 Å². The van der Waals surface area contributed by atoms with E-state index < -0.39 is 0 Å². The number of fused-ring (bicyclic) bond motifs is 13. The summed E-state index contributed by atoms with van der Waals surface area (Å²) in [7, 11) is 0. The van der Waals surface area contributed by atoms with Crippen molar-refractivity contribution in [1.82, 2.24) is 14.5 Å². The van der Waals surface area contributed by atoms with Crippen LogP contribution >= 0.6 is 11.3 Å². The third kappa shape index (κ3) is 3.78. The Bertz CT molecular complexity index is 3310. The number of para-hydroxylation sites is 2. The molecule has 0 fully saturated rings. The number of hydrogen-bond donors (Lipinski definition) is 0. The summed E-state index contributed by atoms with van der Waals surface area (Å²) >= 11 is 1.70. The highest BCUT2D eigenvalue weighted by Crippen LogP contribution is 2.44. The standard InChI is InChI=1S/C46H25N3OS/c1-2-9-26(10-3-1)42-43(47-44-33-13-5-7-16-41(33)51-46(44)48-42)29-19-22-38-35(24-29)32-14-8-11-27-17-20-30-34-25-40-36(31-12-4-6-15-39(31)50-40)23-28(34)18-21-37(30)49(38)45(27)32/h1-25H. The van der Waals surface area contributed by atoms with Gasteiger partial charge in [0.05, 0.1) is 28.1 Å². The molecule has 0 saturated heterocycles. The van der Waals surface area contributed by atoms with Crippen LogP contribution in [0.3, 0.4) is 0 Å². The van der Waals surface area contributed by atoms with Crippen LogP contribution in [0, 0.1) is 0 Å². The third-order valence-corrected chi connectivity index (χ3v) is 11.6. The van der Waals surface area contributed by atoms with Gasteiger partial charge in [0.25, 0.3) is 0 Å². The van der Waals surface area contributed by atoms with Gasteiger partial charge in [0.1, 0.15) is 21.5 Å². The Kier molecular flexibility index (Phi) is 5.35. The van der Waals surface area contributed by atoms with Gasteiger partial charge in [-0.3, -0.25) is 0 Å². The number of furan rings is 1. The fourth-order valence-corrected chi connectivity index (χ4v) is 9.27. The highest BCUT2D eigenvalue weighted by Gasteiger charge is 2.23. The molecular formula is C46H25N3OS. The summed E-state index contributed by atoms with van der Waals surface area (Å²) in [6, 6.07) is 49.7. The molecule has 0 unspecified atom stereocenters. The molecule has 0 atom stereocenters. The van der Waals surface area contributed by atoms with Gasteiger partial charge in [0.2, 0.25) is 0 Å². The van der Waals surface area contributed by atoms with Gasteiger partial charge in [-0.15, -0.1) is 11.3 Å². The lowest BCUT2D eigenvalue weighted by Gasteiger charge is -2.14. The van der Waals surface area contributed by atoms with Gasteiger partial charge in [0.15, 0.2) is 0 Å². The first kappa shape index (κ1) is 27.3. The summed E-state index contributed by atoms with van der Waals surface area (Å²) in [5, 5.41) is 8.21. The van der Waals surface area contributed by atoms with E-state index in [-0.39, 0.29) is 0 Å². The van der Waals surface area contributed by atoms with Gasteiger partial charge in [-0.1, -0.05) is 109 Å². The zero-order chi connectivity index (χ0) is 33.2. The van der Waals surface area contributed by atoms with Crippen molar-refractivity contribution in [3.63, 3.8) is 0 Å². The molecule has 4 nitrogen and oxygen atoms in total. The van der Waals surface area contributed by atoms with Crippen LogP contribution in [0.4, 0.5) is 0 Å². The van der Waals surface area contributed by atoms with E-state index in [1.165, 1.54) is 42.9 Å². The Hall–Kier alpha value is -6.56. The average molecular weight is 668 g/mol. The van der Waals surface area contributed by atoms with E-state index >= 15 is 0 Å². The van der Waals surface area contributed by atoms with Crippen molar-refractivity contribution in [2.75, 3.05) is 0 Å². The molecular weight excluding hydrogens is 643 g/mol. The molecule has 1 aliphatic heterocycles. The van der Waals surface area contributed by atoms with Crippen LogP contribution < -0.4 is 0 Å². The summed E-state index contributed by atoms with van der Waals surface area (Å²) in [4.78, 5) is 11.6. The van der Waals surface area contributed by atoms with Crippen LogP contribution in [0.25, 0.3) is 115 Å². The molecule has 0 bridgehead atoms. The van der Waals surface area contributed by atoms with Crippen molar-refractivity contribution in [1.29, 1.82) is 0 Å². The SMILES string of the molecule is C1=Cc2cccc3c4cc(-c5nc6c(nc5-c5ccccc5)sc5ccccc56)ccc4n(c23)-c2ccc3cc4c(cc3c21)oc1ccccc14. The van der Waals surface area contributed by atoms with Crippen LogP contribution in [-0.4, -0.2) is 14.5 Å². The number of nitrogens with zero attached hydrogens (tertiary/aromatic N) is 3. The molecule has 0 aliphatic carbocycles. The van der Waals surface area contributed by atoms with Gasteiger partial charge in [0, 0.05) is 48.3 Å². The van der Waals surface area contributed by atoms with Crippen LogP contribution in [-0.2, 0) is 0 Å². The minimum Gasteiger partial charge on any atom is -0.456 e.